The van der Waals surface area contributed by atoms with E-state index in [2.05, 4.69) is 42.7 Å². The molecule has 2 bridgehead atoms. The molecule has 3 rings (SSSR count). The summed E-state index contributed by atoms with van der Waals surface area (Å²) in [6.45, 7) is 4.26. The van der Waals surface area contributed by atoms with Crippen LogP contribution < -0.4 is 10.6 Å². The van der Waals surface area contributed by atoms with Crippen molar-refractivity contribution in [3.63, 3.8) is 0 Å². The summed E-state index contributed by atoms with van der Waals surface area (Å²) >= 11 is 1.77. The SMILES string of the molecule is Cc1ccc(SCCC(=O)NC2CC3CCC(C2)N3)cc1C.Cl. The summed E-state index contributed by atoms with van der Waals surface area (Å²) in [5, 5.41) is 6.85. The average molecular weight is 355 g/mol. The first-order valence-corrected chi connectivity index (χ1v) is 9.34. The summed E-state index contributed by atoms with van der Waals surface area (Å²) in [5.41, 5.74) is 2.64. The van der Waals surface area contributed by atoms with Crippen LogP contribution in [0.15, 0.2) is 23.1 Å². The molecule has 1 aromatic carbocycles. The number of piperidine rings is 1. The molecule has 1 aromatic rings. The van der Waals surface area contributed by atoms with Gasteiger partial charge >= 0.3 is 0 Å². The first-order chi connectivity index (χ1) is 10.6. The van der Waals surface area contributed by atoms with Crippen molar-refractivity contribution >= 4 is 30.1 Å². The van der Waals surface area contributed by atoms with Crippen LogP contribution in [0, 0.1) is 13.8 Å². The Morgan fingerprint density at radius 3 is 2.57 bits per heavy atom. The average Bonchev–Trinajstić information content (AvgIpc) is 2.82. The minimum Gasteiger partial charge on any atom is -0.353 e. The van der Waals surface area contributed by atoms with Crippen molar-refractivity contribution in [3.05, 3.63) is 29.3 Å². The number of nitrogens with one attached hydrogen (secondary N) is 2. The van der Waals surface area contributed by atoms with E-state index in [1.807, 2.05) is 0 Å². The number of benzene rings is 1. The molecule has 2 aliphatic rings. The highest BCUT2D eigenvalue weighted by Gasteiger charge is 2.33. The Balaban J connectivity index is 0.00000192. The van der Waals surface area contributed by atoms with Gasteiger partial charge in [0.2, 0.25) is 5.91 Å². The number of carbonyl (C=O) groups excluding carboxylic acids is 1. The molecular formula is C18H27ClN2OS. The van der Waals surface area contributed by atoms with Gasteiger partial charge in [-0.2, -0.15) is 0 Å². The lowest BCUT2D eigenvalue weighted by Crippen LogP contribution is -2.48. The number of rotatable bonds is 5. The van der Waals surface area contributed by atoms with Crippen LogP contribution in [0.5, 0.6) is 0 Å². The Morgan fingerprint density at radius 1 is 1.22 bits per heavy atom. The van der Waals surface area contributed by atoms with Gasteiger partial charge in [-0.3, -0.25) is 4.79 Å². The topological polar surface area (TPSA) is 41.1 Å². The van der Waals surface area contributed by atoms with Crippen LogP contribution in [0.3, 0.4) is 0 Å². The fraction of sp³-hybridized carbons (Fsp3) is 0.611. The Morgan fingerprint density at radius 2 is 1.91 bits per heavy atom. The van der Waals surface area contributed by atoms with Crippen molar-refractivity contribution in [2.24, 2.45) is 0 Å². The summed E-state index contributed by atoms with van der Waals surface area (Å²) < 4.78 is 0. The fourth-order valence-electron chi connectivity index (χ4n) is 3.54. The van der Waals surface area contributed by atoms with Crippen molar-refractivity contribution < 1.29 is 4.79 Å². The third-order valence-corrected chi connectivity index (χ3v) is 5.91. The summed E-state index contributed by atoms with van der Waals surface area (Å²) in [4.78, 5) is 13.4. The van der Waals surface area contributed by atoms with Crippen molar-refractivity contribution in [1.82, 2.24) is 10.6 Å². The lowest BCUT2D eigenvalue weighted by atomic mass is 10.00. The zero-order chi connectivity index (χ0) is 15.5. The van der Waals surface area contributed by atoms with E-state index in [0.717, 1.165) is 18.6 Å². The maximum Gasteiger partial charge on any atom is 0.221 e. The molecule has 5 heteroatoms. The van der Waals surface area contributed by atoms with E-state index in [4.69, 9.17) is 0 Å². The van der Waals surface area contributed by atoms with Gasteiger partial charge in [0, 0.05) is 35.2 Å². The standard InChI is InChI=1S/C18H26N2OS.ClH/c1-12-3-6-17(9-13(12)2)22-8-7-18(21)20-16-10-14-4-5-15(11-16)19-14;/h3,6,9,14-16,19H,4-5,7-8,10-11H2,1-2H3,(H,20,21);1H. The van der Waals surface area contributed by atoms with E-state index in [-0.39, 0.29) is 18.3 Å². The molecule has 0 spiro atoms. The number of amides is 1. The molecule has 0 saturated carbocycles. The lowest BCUT2D eigenvalue weighted by molar-refractivity contribution is -0.121. The fourth-order valence-corrected chi connectivity index (χ4v) is 4.49. The molecule has 2 fully saturated rings. The molecule has 2 N–H and O–H groups in total. The molecule has 1 amide bonds. The third kappa shape index (κ3) is 5.13. The lowest BCUT2D eigenvalue weighted by Gasteiger charge is -2.29. The van der Waals surface area contributed by atoms with Gasteiger partial charge in [-0.25, -0.2) is 0 Å². The molecule has 2 atom stereocenters. The molecule has 2 aliphatic heterocycles. The Hall–Kier alpha value is -0.710. The molecule has 2 unspecified atom stereocenters. The van der Waals surface area contributed by atoms with Gasteiger partial charge < -0.3 is 10.6 Å². The van der Waals surface area contributed by atoms with Gasteiger partial charge in [0.05, 0.1) is 0 Å². The zero-order valence-corrected chi connectivity index (χ0v) is 15.6. The highest BCUT2D eigenvalue weighted by molar-refractivity contribution is 7.99. The van der Waals surface area contributed by atoms with E-state index in [1.165, 1.54) is 28.9 Å². The van der Waals surface area contributed by atoms with Gasteiger partial charge in [-0.15, -0.1) is 24.2 Å². The van der Waals surface area contributed by atoms with Crippen LogP contribution in [0.2, 0.25) is 0 Å². The largest absolute Gasteiger partial charge is 0.353 e. The van der Waals surface area contributed by atoms with Crippen LogP contribution in [-0.2, 0) is 4.79 Å². The van der Waals surface area contributed by atoms with Gasteiger partial charge in [-0.05, 0) is 62.8 Å². The summed E-state index contributed by atoms with van der Waals surface area (Å²) in [5.74, 6) is 1.06. The molecule has 0 radical (unpaired) electrons. The van der Waals surface area contributed by atoms with Gasteiger partial charge in [-0.1, -0.05) is 6.07 Å². The second-order valence-corrected chi connectivity index (χ2v) is 7.89. The first kappa shape index (κ1) is 18.6. The molecule has 23 heavy (non-hydrogen) atoms. The first-order valence-electron chi connectivity index (χ1n) is 8.35. The van der Waals surface area contributed by atoms with Crippen molar-refractivity contribution in [1.29, 1.82) is 0 Å². The van der Waals surface area contributed by atoms with E-state index >= 15 is 0 Å². The predicted octanol–water partition coefficient (Wildman–Crippen LogP) is 3.61. The van der Waals surface area contributed by atoms with Gasteiger partial charge in [0.15, 0.2) is 0 Å². The van der Waals surface area contributed by atoms with Crippen LogP contribution in [0.4, 0.5) is 0 Å². The highest BCUT2D eigenvalue weighted by Crippen LogP contribution is 2.27. The quantitative estimate of drug-likeness (QED) is 0.794. The van der Waals surface area contributed by atoms with Crippen LogP contribution in [0.1, 0.15) is 43.2 Å². The highest BCUT2D eigenvalue weighted by atomic mass is 35.5. The second kappa shape index (κ2) is 8.41. The van der Waals surface area contributed by atoms with E-state index in [9.17, 15) is 4.79 Å². The Labute approximate surface area is 149 Å². The molecular weight excluding hydrogens is 328 g/mol. The molecule has 2 saturated heterocycles. The maximum atomic E-state index is 12.1. The van der Waals surface area contributed by atoms with E-state index in [0.29, 0.717) is 24.5 Å². The number of aryl methyl sites for hydroxylation is 2. The smallest absolute Gasteiger partial charge is 0.221 e. The van der Waals surface area contributed by atoms with Gasteiger partial charge in [0.1, 0.15) is 0 Å². The number of fused-ring (bicyclic) bond motifs is 2. The zero-order valence-electron chi connectivity index (χ0n) is 13.9. The van der Waals surface area contributed by atoms with Crippen molar-refractivity contribution in [3.8, 4) is 0 Å². The summed E-state index contributed by atoms with van der Waals surface area (Å²) in [6.07, 6.45) is 5.37. The second-order valence-electron chi connectivity index (χ2n) is 6.72. The predicted molar refractivity (Wildman–Crippen MR) is 99.6 cm³/mol. The monoisotopic (exact) mass is 354 g/mol. The maximum absolute atomic E-state index is 12.1. The van der Waals surface area contributed by atoms with E-state index in [1.54, 1.807) is 11.8 Å². The summed E-state index contributed by atoms with van der Waals surface area (Å²) in [6, 6.07) is 8.17. The number of thioether (sulfide) groups is 1. The molecule has 0 aromatic heterocycles. The van der Waals surface area contributed by atoms with E-state index < -0.39 is 0 Å². The number of carbonyl (C=O) groups is 1. The summed E-state index contributed by atoms with van der Waals surface area (Å²) in [7, 11) is 0. The van der Waals surface area contributed by atoms with Crippen LogP contribution in [-0.4, -0.2) is 29.8 Å². The Bertz CT molecular complexity index is 540. The number of hydrogen-bond donors (Lipinski definition) is 2. The minimum absolute atomic E-state index is 0. The minimum atomic E-state index is 0. The molecule has 128 valence electrons. The van der Waals surface area contributed by atoms with Crippen molar-refractivity contribution in [2.75, 3.05) is 5.75 Å². The van der Waals surface area contributed by atoms with Crippen LogP contribution >= 0.6 is 24.2 Å². The Kier molecular flexibility index (Phi) is 6.81. The third-order valence-electron chi connectivity index (χ3n) is 4.91. The van der Waals surface area contributed by atoms with Crippen molar-refractivity contribution in [2.45, 2.75) is 69.0 Å². The molecule has 3 nitrogen and oxygen atoms in total. The number of hydrogen-bond acceptors (Lipinski definition) is 3. The number of halogens is 1. The molecule has 2 heterocycles. The normalized spacial score (nSPS) is 25.7. The van der Waals surface area contributed by atoms with Crippen LogP contribution in [0.25, 0.3) is 0 Å². The van der Waals surface area contributed by atoms with Gasteiger partial charge in [0.25, 0.3) is 0 Å². The molecule has 0 aliphatic carbocycles.